The summed E-state index contributed by atoms with van der Waals surface area (Å²) in [6.07, 6.45) is -3.81. The van der Waals surface area contributed by atoms with Gasteiger partial charge in [0.15, 0.2) is 12.0 Å². The third-order valence-electron chi connectivity index (χ3n) is 6.10. The van der Waals surface area contributed by atoms with Crippen molar-refractivity contribution in [3.05, 3.63) is 70.0 Å². The molecule has 1 unspecified atom stereocenters. The van der Waals surface area contributed by atoms with Crippen LogP contribution in [0.25, 0.3) is 10.8 Å². The Morgan fingerprint density at radius 3 is 2.47 bits per heavy atom. The SMILES string of the molecule is CC(C)(CNC(=O)CCCC1=NC(c2ccc(C(F)(F)F)cc2)NO1)CNc1n[nH]c(=O)c2ccccc12. The second-order valence-electron chi connectivity index (χ2n) is 9.86. The minimum absolute atomic E-state index is 0.114. The van der Waals surface area contributed by atoms with E-state index in [1.165, 1.54) is 12.1 Å². The zero-order valence-corrected chi connectivity index (χ0v) is 21.0. The lowest BCUT2D eigenvalue weighted by Crippen LogP contribution is -2.38. The maximum atomic E-state index is 12.7. The predicted molar refractivity (Wildman–Crippen MR) is 137 cm³/mol. The van der Waals surface area contributed by atoms with E-state index in [0.717, 1.165) is 17.5 Å². The summed E-state index contributed by atoms with van der Waals surface area (Å²) in [5, 5.41) is 14.1. The zero-order valence-electron chi connectivity index (χ0n) is 21.0. The molecule has 1 aromatic heterocycles. The fourth-order valence-corrected chi connectivity index (χ4v) is 3.89. The van der Waals surface area contributed by atoms with Crippen LogP contribution in [0, 0.1) is 5.41 Å². The van der Waals surface area contributed by atoms with Crippen LogP contribution in [0.5, 0.6) is 0 Å². The van der Waals surface area contributed by atoms with Gasteiger partial charge in [-0.3, -0.25) is 9.59 Å². The van der Waals surface area contributed by atoms with E-state index in [-0.39, 0.29) is 23.3 Å². The van der Waals surface area contributed by atoms with Gasteiger partial charge in [0.05, 0.1) is 10.9 Å². The lowest BCUT2D eigenvalue weighted by Gasteiger charge is -2.26. The summed E-state index contributed by atoms with van der Waals surface area (Å²) >= 11 is 0. The van der Waals surface area contributed by atoms with Crippen molar-refractivity contribution >= 4 is 28.4 Å². The highest BCUT2D eigenvalue weighted by atomic mass is 19.4. The van der Waals surface area contributed by atoms with Crippen LogP contribution in [0.3, 0.4) is 0 Å². The number of aromatic nitrogens is 2. The summed E-state index contributed by atoms with van der Waals surface area (Å²) in [4.78, 5) is 34.0. The molecule has 1 amide bonds. The van der Waals surface area contributed by atoms with Gasteiger partial charge in [0.2, 0.25) is 11.8 Å². The largest absolute Gasteiger partial charge is 0.416 e. The van der Waals surface area contributed by atoms with E-state index in [2.05, 4.69) is 31.3 Å². The van der Waals surface area contributed by atoms with Crippen molar-refractivity contribution in [2.75, 3.05) is 18.4 Å². The van der Waals surface area contributed by atoms with Crippen LogP contribution < -0.4 is 21.7 Å². The van der Waals surface area contributed by atoms with E-state index < -0.39 is 17.9 Å². The van der Waals surface area contributed by atoms with Crippen LogP contribution >= 0.6 is 0 Å². The Morgan fingerprint density at radius 2 is 1.76 bits per heavy atom. The van der Waals surface area contributed by atoms with Gasteiger partial charge in [-0.25, -0.2) is 10.1 Å². The first-order valence-electron chi connectivity index (χ1n) is 12.2. The molecule has 0 fully saturated rings. The number of aliphatic imine (C=N–C) groups is 1. The molecule has 1 aliphatic rings. The van der Waals surface area contributed by atoms with E-state index in [1.54, 1.807) is 12.1 Å². The van der Waals surface area contributed by atoms with Crippen molar-refractivity contribution in [3.8, 4) is 0 Å². The number of benzene rings is 2. The molecule has 2 heterocycles. The first-order valence-corrected chi connectivity index (χ1v) is 12.2. The molecule has 3 aromatic rings. The second kappa shape index (κ2) is 11.2. The van der Waals surface area contributed by atoms with Crippen molar-refractivity contribution in [2.24, 2.45) is 10.4 Å². The first kappa shape index (κ1) is 27.1. The number of hydrogen-bond donors (Lipinski definition) is 4. The number of carbonyl (C=O) groups is 1. The molecular formula is C26H29F3N6O3. The summed E-state index contributed by atoms with van der Waals surface area (Å²) in [5.74, 6) is 0.851. The van der Waals surface area contributed by atoms with E-state index in [9.17, 15) is 22.8 Å². The third-order valence-corrected chi connectivity index (χ3v) is 6.10. The number of halogens is 3. The maximum Gasteiger partial charge on any atom is 0.416 e. The lowest BCUT2D eigenvalue weighted by molar-refractivity contribution is -0.137. The number of H-pyrrole nitrogens is 1. The smallest absolute Gasteiger partial charge is 0.391 e. The monoisotopic (exact) mass is 530 g/mol. The molecule has 1 aliphatic heterocycles. The molecule has 0 aliphatic carbocycles. The van der Waals surface area contributed by atoms with Crippen LogP contribution in [-0.2, 0) is 15.8 Å². The first-order chi connectivity index (χ1) is 18.0. The predicted octanol–water partition coefficient (Wildman–Crippen LogP) is 4.30. The minimum Gasteiger partial charge on any atom is -0.391 e. The maximum absolute atomic E-state index is 12.7. The van der Waals surface area contributed by atoms with Gasteiger partial charge in [0.25, 0.3) is 5.56 Å². The van der Waals surface area contributed by atoms with E-state index in [0.29, 0.717) is 48.6 Å². The quantitative estimate of drug-likeness (QED) is 0.310. The van der Waals surface area contributed by atoms with Crippen LogP contribution in [0.2, 0.25) is 0 Å². The highest BCUT2D eigenvalue weighted by Crippen LogP contribution is 2.30. The van der Waals surface area contributed by atoms with Crippen molar-refractivity contribution in [1.29, 1.82) is 0 Å². The van der Waals surface area contributed by atoms with Crippen LogP contribution in [0.4, 0.5) is 19.0 Å². The number of amides is 1. The molecular weight excluding hydrogens is 501 g/mol. The van der Waals surface area contributed by atoms with Crippen molar-refractivity contribution in [1.82, 2.24) is 21.0 Å². The van der Waals surface area contributed by atoms with E-state index in [1.807, 2.05) is 26.0 Å². The van der Waals surface area contributed by atoms with Crippen molar-refractivity contribution in [2.45, 2.75) is 45.5 Å². The molecule has 1 atom stereocenters. The van der Waals surface area contributed by atoms with Gasteiger partial charge >= 0.3 is 6.18 Å². The second-order valence-corrected chi connectivity index (χ2v) is 9.86. The molecule has 9 nitrogen and oxygen atoms in total. The molecule has 0 radical (unpaired) electrons. The number of aromatic amines is 1. The number of carbonyl (C=O) groups excluding carboxylic acids is 1. The molecule has 38 heavy (non-hydrogen) atoms. The number of rotatable bonds is 10. The normalized spacial score (nSPS) is 15.7. The lowest BCUT2D eigenvalue weighted by atomic mass is 9.93. The summed E-state index contributed by atoms with van der Waals surface area (Å²) in [6, 6.07) is 11.9. The summed E-state index contributed by atoms with van der Waals surface area (Å²) in [7, 11) is 0. The van der Waals surface area contributed by atoms with E-state index in [4.69, 9.17) is 4.84 Å². The Balaban J connectivity index is 1.20. The number of fused-ring (bicyclic) bond motifs is 1. The van der Waals surface area contributed by atoms with Crippen LogP contribution in [0.15, 0.2) is 58.3 Å². The highest BCUT2D eigenvalue weighted by molar-refractivity contribution is 5.90. The number of hydrogen-bond acceptors (Lipinski definition) is 7. The molecule has 0 saturated heterocycles. The summed E-state index contributed by atoms with van der Waals surface area (Å²) in [6.45, 7) is 4.94. The molecule has 0 bridgehead atoms. The fourth-order valence-electron chi connectivity index (χ4n) is 3.89. The number of alkyl halides is 3. The van der Waals surface area contributed by atoms with Gasteiger partial charge in [-0.15, -0.1) is 5.48 Å². The van der Waals surface area contributed by atoms with Crippen molar-refractivity contribution < 1.29 is 22.8 Å². The van der Waals surface area contributed by atoms with Gasteiger partial charge < -0.3 is 15.5 Å². The minimum atomic E-state index is -4.39. The van der Waals surface area contributed by atoms with Gasteiger partial charge in [0, 0.05) is 31.3 Å². The molecule has 0 saturated carbocycles. The third kappa shape index (κ3) is 6.88. The fraction of sp³-hybridized carbons (Fsp3) is 0.385. The average molecular weight is 531 g/mol. The summed E-state index contributed by atoms with van der Waals surface area (Å²) in [5.41, 5.74) is 1.96. The molecule has 0 spiro atoms. The summed E-state index contributed by atoms with van der Waals surface area (Å²) < 4.78 is 38.2. The Kier molecular flexibility index (Phi) is 8.00. The van der Waals surface area contributed by atoms with Crippen LogP contribution in [-0.4, -0.2) is 35.1 Å². The van der Waals surface area contributed by atoms with Gasteiger partial charge in [-0.1, -0.05) is 44.2 Å². The topological polar surface area (TPSA) is 120 Å². The highest BCUT2D eigenvalue weighted by Gasteiger charge is 2.30. The van der Waals surface area contributed by atoms with Crippen LogP contribution in [0.1, 0.15) is 50.4 Å². The standard InChI is InChI=1S/C26H29F3N6O3/c1-25(2,15-31-23-18-6-3-4-7-19(18)24(37)34-33-23)14-30-20(36)8-5-9-21-32-22(35-38-21)16-10-12-17(13-11-16)26(27,28)29/h3-4,6-7,10-13,22,35H,5,8-9,14-15H2,1-2H3,(H,30,36)(H,31,33)(H,34,37). The number of nitrogens with zero attached hydrogens (tertiary/aromatic N) is 2. The van der Waals surface area contributed by atoms with Gasteiger partial charge in [-0.05, 0) is 35.6 Å². The Labute approximate surface area is 216 Å². The number of hydroxylamine groups is 1. The molecule has 202 valence electrons. The molecule has 4 N–H and O–H groups in total. The Hall–Kier alpha value is -3.93. The number of anilines is 1. The Bertz CT molecular complexity index is 1370. The molecule has 2 aromatic carbocycles. The molecule has 4 rings (SSSR count). The number of nitrogens with one attached hydrogen (secondary N) is 4. The molecule has 12 heteroatoms. The van der Waals surface area contributed by atoms with Crippen molar-refractivity contribution in [3.63, 3.8) is 0 Å². The zero-order chi connectivity index (χ0) is 27.3. The average Bonchev–Trinajstić information content (AvgIpc) is 3.36. The van der Waals surface area contributed by atoms with E-state index >= 15 is 0 Å². The van der Waals surface area contributed by atoms with Gasteiger partial charge in [0.1, 0.15) is 0 Å². The van der Waals surface area contributed by atoms with Gasteiger partial charge in [-0.2, -0.15) is 18.3 Å². The Morgan fingerprint density at radius 1 is 1.05 bits per heavy atom.